The van der Waals surface area contributed by atoms with Crippen LogP contribution in [0.4, 0.5) is 0 Å². The van der Waals surface area contributed by atoms with E-state index in [1.165, 1.54) is 93.5 Å². The number of rotatable bonds is 5. The van der Waals surface area contributed by atoms with Crippen molar-refractivity contribution in [2.75, 3.05) is 0 Å². The van der Waals surface area contributed by atoms with Gasteiger partial charge >= 0.3 is 0 Å². The van der Waals surface area contributed by atoms with Crippen LogP contribution in [0.2, 0.25) is 0 Å². The maximum absolute atomic E-state index is 2.38. The molecule has 0 heteroatoms. The molecular weight excluding hydrogens is 625 g/mol. The van der Waals surface area contributed by atoms with Crippen LogP contribution in [-0.2, 0) is 5.41 Å². The predicted octanol–water partition coefficient (Wildman–Crippen LogP) is 14.8. The van der Waals surface area contributed by atoms with Gasteiger partial charge in [0.25, 0.3) is 0 Å². The van der Waals surface area contributed by atoms with Crippen LogP contribution in [0, 0.1) is 0 Å². The molecule has 0 aliphatic rings. The van der Waals surface area contributed by atoms with E-state index in [1.807, 2.05) is 0 Å². The number of fused-ring (bicyclic) bond motifs is 3. The molecule has 0 saturated heterocycles. The summed E-state index contributed by atoms with van der Waals surface area (Å²) in [6, 6.07) is 69.2. The quantitative estimate of drug-likeness (QED) is 0.161. The summed E-state index contributed by atoms with van der Waals surface area (Å²) in [5.41, 5.74) is 13.9. The van der Waals surface area contributed by atoms with Crippen LogP contribution < -0.4 is 0 Å². The molecule has 9 rings (SSSR count). The third-order valence-electron chi connectivity index (χ3n) is 10.6. The number of hydrogen-bond donors (Lipinski definition) is 0. The highest BCUT2D eigenvalue weighted by atomic mass is 14.2. The monoisotopic (exact) mass is 664 g/mol. The Morgan fingerprint density at radius 1 is 0.288 bits per heavy atom. The van der Waals surface area contributed by atoms with E-state index in [2.05, 4.69) is 209 Å². The Balaban J connectivity index is 1.17. The van der Waals surface area contributed by atoms with Gasteiger partial charge in [0.1, 0.15) is 0 Å². The topological polar surface area (TPSA) is 0 Å². The second-order valence-electron chi connectivity index (χ2n) is 14.9. The first kappa shape index (κ1) is 31.7. The smallest absolute Gasteiger partial charge is 0.00262 e. The van der Waals surface area contributed by atoms with Crippen molar-refractivity contribution in [1.82, 2.24) is 0 Å². The first-order chi connectivity index (χ1) is 25.4. The Hall–Kier alpha value is -6.24. The molecule has 0 fully saturated rings. The van der Waals surface area contributed by atoms with Gasteiger partial charge in [-0.25, -0.2) is 0 Å². The lowest BCUT2D eigenvalue weighted by Gasteiger charge is -2.21. The summed E-state index contributed by atoms with van der Waals surface area (Å²) >= 11 is 0. The summed E-state index contributed by atoms with van der Waals surface area (Å²) in [7, 11) is 0. The summed E-state index contributed by atoms with van der Waals surface area (Å²) < 4.78 is 0. The Morgan fingerprint density at radius 3 is 1.19 bits per heavy atom. The van der Waals surface area contributed by atoms with Gasteiger partial charge in [-0.2, -0.15) is 0 Å². The van der Waals surface area contributed by atoms with E-state index < -0.39 is 0 Å². The van der Waals surface area contributed by atoms with Crippen LogP contribution >= 0.6 is 0 Å². The minimum absolute atomic E-state index is 0.112. The first-order valence-electron chi connectivity index (χ1n) is 18.3. The van der Waals surface area contributed by atoms with Gasteiger partial charge < -0.3 is 0 Å². The molecule has 0 aromatic heterocycles. The second kappa shape index (κ2) is 12.8. The molecule has 0 saturated carbocycles. The van der Waals surface area contributed by atoms with E-state index in [0.29, 0.717) is 0 Å². The lowest BCUT2D eigenvalue weighted by Crippen LogP contribution is -2.10. The fourth-order valence-electron chi connectivity index (χ4n) is 8.01. The normalized spacial score (nSPS) is 11.8. The third-order valence-corrected chi connectivity index (χ3v) is 10.6. The molecule has 0 radical (unpaired) electrons. The molecule has 0 nitrogen and oxygen atoms in total. The minimum Gasteiger partial charge on any atom is -0.0622 e. The molecule has 0 spiro atoms. The van der Waals surface area contributed by atoms with E-state index >= 15 is 0 Å². The van der Waals surface area contributed by atoms with Gasteiger partial charge in [0, 0.05) is 0 Å². The number of benzene rings is 9. The predicted molar refractivity (Wildman–Crippen MR) is 225 cm³/mol. The molecule has 52 heavy (non-hydrogen) atoms. The highest BCUT2D eigenvalue weighted by Crippen LogP contribution is 2.45. The van der Waals surface area contributed by atoms with Gasteiger partial charge in [-0.1, -0.05) is 197 Å². The average Bonchev–Trinajstić information content (AvgIpc) is 3.19. The minimum atomic E-state index is 0.112. The van der Waals surface area contributed by atoms with E-state index in [4.69, 9.17) is 0 Å². The van der Waals surface area contributed by atoms with E-state index in [1.54, 1.807) is 0 Å². The lowest BCUT2D eigenvalue weighted by atomic mass is 9.83. The molecule has 0 atom stereocenters. The first-order valence-corrected chi connectivity index (χ1v) is 18.3. The Bertz CT molecular complexity index is 2680. The summed E-state index contributed by atoms with van der Waals surface area (Å²) in [4.78, 5) is 0. The summed E-state index contributed by atoms with van der Waals surface area (Å²) in [6.07, 6.45) is 0. The zero-order valence-electron chi connectivity index (χ0n) is 29.9. The van der Waals surface area contributed by atoms with E-state index in [-0.39, 0.29) is 5.41 Å². The third kappa shape index (κ3) is 5.58. The Kier molecular flexibility index (Phi) is 7.82. The van der Waals surface area contributed by atoms with Crippen LogP contribution in [-0.4, -0.2) is 0 Å². The van der Waals surface area contributed by atoms with Crippen molar-refractivity contribution in [2.45, 2.75) is 26.2 Å². The zero-order chi connectivity index (χ0) is 35.2. The molecule has 0 N–H and O–H groups in total. The zero-order valence-corrected chi connectivity index (χ0v) is 29.9. The van der Waals surface area contributed by atoms with Gasteiger partial charge in [-0.05, 0) is 111 Å². The van der Waals surface area contributed by atoms with Gasteiger partial charge in [-0.3, -0.25) is 0 Å². The molecule has 9 aromatic carbocycles. The number of hydrogen-bond acceptors (Lipinski definition) is 0. The van der Waals surface area contributed by atoms with Crippen LogP contribution in [0.3, 0.4) is 0 Å². The largest absolute Gasteiger partial charge is 0.0622 e. The molecule has 248 valence electrons. The van der Waals surface area contributed by atoms with Crippen molar-refractivity contribution < 1.29 is 0 Å². The summed E-state index contributed by atoms with van der Waals surface area (Å²) in [5.74, 6) is 0. The van der Waals surface area contributed by atoms with Crippen molar-refractivity contribution in [2.24, 2.45) is 0 Å². The molecule has 0 aliphatic carbocycles. The van der Waals surface area contributed by atoms with Crippen molar-refractivity contribution in [1.29, 1.82) is 0 Å². The second-order valence-corrected chi connectivity index (χ2v) is 14.9. The van der Waals surface area contributed by atoms with Crippen LogP contribution in [0.25, 0.3) is 88.0 Å². The summed E-state index contributed by atoms with van der Waals surface area (Å²) in [6.45, 7) is 6.83. The highest BCUT2D eigenvalue weighted by Gasteiger charge is 2.19. The molecule has 0 unspecified atom stereocenters. The van der Waals surface area contributed by atoms with Crippen molar-refractivity contribution in [3.63, 3.8) is 0 Å². The summed E-state index contributed by atoms with van der Waals surface area (Å²) in [5, 5.41) is 7.58. The average molecular weight is 665 g/mol. The van der Waals surface area contributed by atoms with E-state index in [0.717, 1.165) is 0 Å². The molecule has 9 aromatic rings. The fourth-order valence-corrected chi connectivity index (χ4v) is 8.01. The van der Waals surface area contributed by atoms with Crippen molar-refractivity contribution in [3.05, 3.63) is 194 Å². The molecular formula is C52H40. The fraction of sp³-hybridized carbons (Fsp3) is 0.0769. The standard InChI is InChI=1S/C52H40/c1-52(2,3)41-31-29-36(30-32-41)50-46-21-11-13-23-48(46)51(49-24-14-12-22-47(49)50)40-28-26-37-33-39(27-25-38(37)34-40)43-18-8-10-20-45(43)44-19-9-7-17-42(44)35-15-5-4-6-16-35/h4-34H,1-3H3. The molecule has 0 heterocycles. The van der Waals surface area contributed by atoms with Crippen LogP contribution in [0.5, 0.6) is 0 Å². The molecule has 0 amide bonds. The van der Waals surface area contributed by atoms with Gasteiger partial charge in [0.2, 0.25) is 0 Å². The van der Waals surface area contributed by atoms with Crippen LogP contribution in [0.1, 0.15) is 26.3 Å². The van der Waals surface area contributed by atoms with Gasteiger partial charge in [0.05, 0.1) is 0 Å². The van der Waals surface area contributed by atoms with Crippen LogP contribution in [0.15, 0.2) is 188 Å². The SMILES string of the molecule is CC(C)(C)c1ccc(-c2c3ccccc3c(-c3ccc4cc(-c5ccccc5-c5ccccc5-c5ccccc5)ccc4c3)c3ccccc23)cc1. The van der Waals surface area contributed by atoms with Gasteiger partial charge in [0.15, 0.2) is 0 Å². The Morgan fingerprint density at radius 2 is 0.673 bits per heavy atom. The molecule has 0 bridgehead atoms. The Labute approximate surface area is 306 Å². The highest BCUT2D eigenvalue weighted by molar-refractivity contribution is 6.21. The lowest BCUT2D eigenvalue weighted by molar-refractivity contribution is 0.590. The maximum atomic E-state index is 2.38. The molecule has 0 aliphatic heterocycles. The van der Waals surface area contributed by atoms with Crippen molar-refractivity contribution >= 4 is 32.3 Å². The maximum Gasteiger partial charge on any atom is -0.00262 e. The van der Waals surface area contributed by atoms with Crippen molar-refractivity contribution in [3.8, 4) is 55.6 Å². The van der Waals surface area contributed by atoms with E-state index in [9.17, 15) is 0 Å². The van der Waals surface area contributed by atoms with Gasteiger partial charge in [-0.15, -0.1) is 0 Å².